The summed E-state index contributed by atoms with van der Waals surface area (Å²) < 4.78 is 11.7. The molecular formula is C18H13N3O5. The lowest BCUT2D eigenvalue weighted by Gasteiger charge is -2.05. The molecule has 0 aliphatic heterocycles. The van der Waals surface area contributed by atoms with E-state index in [4.69, 9.17) is 8.83 Å². The molecule has 26 heavy (non-hydrogen) atoms. The average molecular weight is 351 g/mol. The van der Waals surface area contributed by atoms with E-state index < -0.39 is 17.2 Å². The SMILES string of the molecule is Cn1c(=O)oc2cc(NC(=O)c3ccc(-c4ccco4)[nH]c3=O)ccc21. The van der Waals surface area contributed by atoms with Crippen LogP contribution in [-0.2, 0) is 7.05 Å². The molecule has 3 heterocycles. The van der Waals surface area contributed by atoms with Crippen molar-refractivity contribution in [2.45, 2.75) is 0 Å². The van der Waals surface area contributed by atoms with E-state index in [-0.39, 0.29) is 5.56 Å². The number of aromatic nitrogens is 2. The zero-order chi connectivity index (χ0) is 18.3. The molecule has 8 nitrogen and oxygen atoms in total. The monoisotopic (exact) mass is 351 g/mol. The maximum atomic E-state index is 12.4. The van der Waals surface area contributed by atoms with Crippen LogP contribution in [0.2, 0.25) is 0 Å². The van der Waals surface area contributed by atoms with Crippen LogP contribution >= 0.6 is 0 Å². The molecular weight excluding hydrogens is 338 g/mol. The summed E-state index contributed by atoms with van der Waals surface area (Å²) in [5.41, 5.74) is 1.25. The Balaban J connectivity index is 1.62. The third-order valence-electron chi connectivity index (χ3n) is 3.99. The summed E-state index contributed by atoms with van der Waals surface area (Å²) >= 11 is 0. The Hall–Kier alpha value is -3.81. The number of furan rings is 1. The fourth-order valence-electron chi connectivity index (χ4n) is 2.64. The van der Waals surface area contributed by atoms with Gasteiger partial charge in [0.05, 0.1) is 17.5 Å². The maximum Gasteiger partial charge on any atom is 0.419 e. The van der Waals surface area contributed by atoms with Gasteiger partial charge >= 0.3 is 5.76 Å². The summed E-state index contributed by atoms with van der Waals surface area (Å²) in [6.07, 6.45) is 1.49. The van der Waals surface area contributed by atoms with E-state index in [2.05, 4.69) is 10.3 Å². The molecule has 0 saturated heterocycles. The highest BCUT2D eigenvalue weighted by atomic mass is 16.4. The zero-order valence-corrected chi connectivity index (χ0v) is 13.6. The van der Waals surface area contributed by atoms with Gasteiger partial charge in [-0.1, -0.05) is 0 Å². The first kappa shape index (κ1) is 15.7. The highest BCUT2D eigenvalue weighted by molar-refractivity contribution is 6.04. The number of hydrogen-bond donors (Lipinski definition) is 2. The molecule has 0 aliphatic carbocycles. The van der Waals surface area contributed by atoms with Crippen LogP contribution in [0, 0.1) is 0 Å². The number of fused-ring (bicyclic) bond motifs is 1. The second kappa shape index (κ2) is 5.92. The van der Waals surface area contributed by atoms with Crippen LogP contribution in [0.1, 0.15) is 10.4 Å². The number of benzene rings is 1. The number of anilines is 1. The van der Waals surface area contributed by atoms with E-state index in [0.29, 0.717) is 28.2 Å². The van der Waals surface area contributed by atoms with E-state index in [0.717, 1.165) is 0 Å². The summed E-state index contributed by atoms with van der Waals surface area (Å²) in [7, 11) is 1.59. The van der Waals surface area contributed by atoms with Crippen LogP contribution in [0.3, 0.4) is 0 Å². The first-order chi connectivity index (χ1) is 12.5. The minimum atomic E-state index is -0.574. The number of amides is 1. The van der Waals surface area contributed by atoms with Gasteiger partial charge in [0.15, 0.2) is 5.58 Å². The molecule has 4 rings (SSSR count). The summed E-state index contributed by atoms with van der Waals surface area (Å²) in [6.45, 7) is 0. The van der Waals surface area contributed by atoms with Gasteiger partial charge in [0.25, 0.3) is 11.5 Å². The molecule has 4 aromatic rings. The Kier molecular flexibility index (Phi) is 3.58. The molecule has 3 aromatic heterocycles. The molecule has 0 unspecified atom stereocenters. The van der Waals surface area contributed by atoms with Crippen molar-refractivity contribution in [3.8, 4) is 11.5 Å². The van der Waals surface area contributed by atoms with E-state index in [1.807, 2.05) is 0 Å². The Labute approximate surface area is 145 Å². The molecule has 2 N–H and O–H groups in total. The predicted molar refractivity (Wildman–Crippen MR) is 94.2 cm³/mol. The summed E-state index contributed by atoms with van der Waals surface area (Å²) in [5, 5.41) is 2.62. The van der Waals surface area contributed by atoms with Crippen LogP contribution in [0.4, 0.5) is 5.69 Å². The average Bonchev–Trinajstić information content (AvgIpc) is 3.24. The zero-order valence-electron chi connectivity index (χ0n) is 13.6. The normalized spacial score (nSPS) is 11.0. The number of carbonyl (C=O) groups is 1. The van der Waals surface area contributed by atoms with Crippen molar-refractivity contribution in [1.29, 1.82) is 0 Å². The number of H-pyrrole nitrogens is 1. The minimum Gasteiger partial charge on any atom is -0.463 e. The number of nitrogens with zero attached hydrogens (tertiary/aromatic N) is 1. The number of nitrogens with one attached hydrogen (secondary N) is 2. The second-order valence-corrected chi connectivity index (χ2v) is 5.66. The lowest BCUT2D eigenvalue weighted by molar-refractivity contribution is 0.102. The topological polar surface area (TPSA) is 110 Å². The van der Waals surface area contributed by atoms with Gasteiger partial charge in [-0.05, 0) is 36.4 Å². The third-order valence-corrected chi connectivity index (χ3v) is 3.99. The Morgan fingerprint density at radius 2 is 2.00 bits per heavy atom. The lowest BCUT2D eigenvalue weighted by atomic mass is 10.2. The number of carbonyl (C=O) groups excluding carboxylic acids is 1. The van der Waals surface area contributed by atoms with Crippen molar-refractivity contribution in [2.75, 3.05) is 5.32 Å². The molecule has 0 aliphatic rings. The van der Waals surface area contributed by atoms with E-state index in [1.165, 1.54) is 23.0 Å². The molecule has 0 spiro atoms. The van der Waals surface area contributed by atoms with Gasteiger partial charge in [-0.25, -0.2) is 4.79 Å². The van der Waals surface area contributed by atoms with Crippen LogP contribution < -0.4 is 16.6 Å². The molecule has 0 fully saturated rings. The van der Waals surface area contributed by atoms with Crippen molar-refractivity contribution in [3.05, 3.63) is 75.2 Å². The Morgan fingerprint density at radius 1 is 1.15 bits per heavy atom. The number of aromatic amines is 1. The molecule has 0 radical (unpaired) electrons. The number of aryl methyl sites for hydroxylation is 1. The minimum absolute atomic E-state index is 0.0464. The second-order valence-electron chi connectivity index (χ2n) is 5.66. The van der Waals surface area contributed by atoms with Crippen molar-refractivity contribution in [1.82, 2.24) is 9.55 Å². The lowest BCUT2D eigenvalue weighted by Crippen LogP contribution is -2.23. The summed E-state index contributed by atoms with van der Waals surface area (Å²) in [5.74, 6) is -0.568. The van der Waals surface area contributed by atoms with Crippen molar-refractivity contribution in [2.24, 2.45) is 7.05 Å². The highest BCUT2D eigenvalue weighted by Gasteiger charge is 2.14. The quantitative estimate of drug-likeness (QED) is 0.588. The largest absolute Gasteiger partial charge is 0.463 e. The van der Waals surface area contributed by atoms with E-state index in [1.54, 1.807) is 37.4 Å². The molecule has 0 bridgehead atoms. The van der Waals surface area contributed by atoms with Crippen molar-refractivity contribution in [3.63, 3.8) is 0 Å². The van der Waals surface area contributed by atoms with Gasteiger partial charge in [0.1, 0.15) is 11.3 Å². The predicted octanol–water partition coefficient (Wildman–Crippen LogP) is 2.33. The van der Waals surface area contributed by atoms with Crippen molar-refractivity contribution >= 4 is 22.7 Å². The summed E-state index contributed by atoms with van der Waals surface area (Å²) in [6, 6.07) is 11.2. The summed E-state index contributed by atoms with van der Waals surface area (Å²) in [4.78, 5) is 38.7. The highest BCUT2D eigenvalue weighted by Crippen LogP contribution is 2.19. The number of oxazole rings is 1. The van der Waals surface area contributed by atoms with E-state index in [9.17, 15) is 14.4 Å². The Bertz CT molecular complexity index is 1230. The van der Waals surface area contributed by atoms with Crippen LogP contribution in [0.25, 0.3) is 22.6 Å². The first-order valence-corrected chi connectivity index (χ1v) is 7.71. The number of rotatable bonds is 3. The van der Waals surface area contributed by atoms with Gasteiger partial charge in [-0.3, -0.25) is 14.2 Å². The fraction of sp³-hybridized carbons (Fsp3) is 0.0556. The molecule has 0 saturated carbocycles. The van der Waals surface area contributed by atoms with Gasteiger partial charge in [-0.2, -0.15) is 0 Å². The number of pyridine rings is 1. The standard InChI is InChI=1S/C18H13N3O5/c1-21-13-7-4-10(9-15(13)26-18(21)24)19-16(22)11-5-6-12(20-17(11)23)14-3-2-8-25-14/h2-9H,1H3,(H,19,22)(H,20,23). The van der Waals surface area contributed by atoms with Gasteiger partial charge < -0.3 is 19.1 Å². The molecule has 0 atom stereocenters. The van der Waals surface area contributed by atoms with Crippen LogP contribution in [-0.4, -0.2) is 15.5 Å². The Morgan fingerprint density at radius 3 is 2.73 bits per heavy atom. The van der Waals surface area contributed by atoms with Gasteiger partial charge in [0.2, 0.25) is 0 Å². The molecule has 1 aromatic carbocycles. The molecule has 130 valence electrons. The van der Waals surface area contributed by atoms with Gasteiger partial charge in [0, 0.05) is 18.8 Å². The number of hydrogen-bond acceptors (Lipinski definition) is 5. The van der Waals surface area contributed by atoms with Crippen LogP contribution in [0.5, 0.6) is 0 Å². The fourth-order valence-corrected chi connectivity index (χ4v) is 2.64. The third kappa shape index (κ3) is 2.63. The van der Waals surface area contributed by atoms with E-state index >= 15 is 0 Å². The molecule has 8 heteroatoms. The smallest absolute Gasteiger partial charge is 0.419 e. The first-order valence-electron chi connectivity index (χ1n) is 7.71. The molecule has 1 amide bonds. The van der Waals surface area contributed by atoms with Crippen LogP contribution in [0.15, 0.2) is 67.2 Å². The maximum absolute atomic E-state index is 12.4. The van der Waals surface area contributed by atoms with Crippen molar-refractivity contribution < 1.29 is 13.6 Å². The van der Waals surface area contributed by atoms with Gasteiger partial charge in [-0.15, -0.1) is 0 Å².